The highest BCUT2D eigenvalue weighted by molar-refractivity contribution is 6.00. The molecular formula is C19H21F3N6O. The van der Waals surface area contributed by atoms with E-state index in [1.54, 1.807) is 25.1 Å². The van der Waals surface area contributed by atoms with Crippen LogP contribution in [0.1, 0.15) is 41.5 Å². The van der Waals surface area contributed by atoms with E-state index in [9.17, 15) is 18.0 Å². The molecule has 0 aliphatic carbocycles. The Kier molecular flexibility index (Phi) is 4.59. The molecule has 10 heteroatoms. The van der Waals surface area contributed by atoms with E-state index in [2.05, 4.69) is 22.1 Å². The SMILES string of the molecule is Cc1nn(C)cc1-c1cc(C(F)(F)F)n2ncc(C(=O)N3CCC[C@@H](C)C3)c2n1. The van der Waals surface area contributed by atoms with Crippen LogP contribution >= 0.6 is 0 Å². The van der Waals surface area contributed by atoms with E-state index in [-0.39, 0.29) is 22.8 Å². The number of hydrogen-bond acceptors (Lipinski definition) is 4. The monoisotopic (exact) mass is 406 g/mol. The van der Waals surface area contributed by atoms with Crippen molar-refractivity contribution in [2.45, 2.75) is 32.9 Å². The van der Waals surface area contributed by atoms with Crippen molar-refractivity contribution < 1.29 is 18.0 Å². The lowest BCUT2D eigenvalue weighted by molar-refractivity contribution is -0.142. The van der Waals surface area contributed by atoms with Crippen LogP contribution in [0, 0.1) is 12.8 Å². The number of alkyl halides is 3. The Labute approximate surface area is 165 Å². The molecule has 1 fully saturated rings. The van der Waals surface area contributed by atoms with Crippen molar-refractivity contribution >= 4 is 11.6 Å². The van der Waals surface area contributed by atoms with Crippen LogP contribution in [0.2, 0.25) is 0 Å². The molecule has 29 heavy (non-hydrogen) atoms. The maximum atomic E-state index is 13.7. The van der Waals surface area contributed by atoms with Gasteiger partial charge in [-0.25, -0.2) is 9.50 Å². The minimum Gasteiger partial charge on any atom is -0.338 e. The minimum absolute atomic E-state index is 0.0768. The van der Waals surface area contributed by atoms with Crippen LogP contribution < -0.4 is 0 Å². The van der Waals surface area contributed by atoms with Crippen molar-refractivity contribution in [3.8, 4) is 11.3 Å². The molecule has 1 saturated heterocycles. The van der Waals surface area contributed by atoms with Gasteiger partial charge in [0.15, 0.2) is 11.3 Å². The summed E-state index contributed by atoms with van der Waals surface area (Å²) in [5.74, 6) is 0.00840. The van der Waals surface area contributed by atoms with E-state index >= 15 is 0 Å². The van der Waals surface area contributed by atoms with Crippen LogP contribution in [0.5, 0.6) is 0 Å². The van der Waals surface area contributed by atoms with Gasteiger partial charge in [-0.2, -0.15) is 23.4 Å². The van der Waals surface area contributed by atoms with Gasteiger partial charge in [-0.15, -0.1) is 0 Å². The first-order valence-corrected chi connectivity index (χ1v) is 9.41. The van der Waals surface area contributed by atoms with Crippen molar-refractivity contribution in [1.82, 2.24) is 29.3 Å². The predicted octanol–water partition coefficient (Wildman–Crippen LogP) is 3.33. The molecule has 0 radical (unpaired) electrons. The highest BCUT2D eigenvalue weighted by Crippen LogP contribution is 2.33. The number of fused-ring (bicyclic) bond motifs is 1. The third-order valence-electron chi connectivity index (χ3n) is 5.23. The number of aromatic nitrogens is 5. The average Bonchev–Trinajstić information content (AvgIpc) is 3.22. The fourth-order valence-corrected chi connectivity index (χ4v) is 3.85. The first-order valence-electron chi connectivity index (χ1n) is 9.41. The minimum atomic E-state index is -4.65. The maximum absolute atomic E-state index is 13.7. The normalized spacial score (nSPS) is 17.9. The smallest absolute Gasteiger partial charge is 0.338 e. The number of aryl methyl sites for hydroxylation is 2. The van der Waals surface area contributed by atoms with E-state index in [1.807, 2.05) is 0 Å². The third-order valence-corrected chi connectivity index (χ3v) is 5.23. The molecule has 0 aromatic carbocycles. The molecule has 3 aromatic heterocycles. The number of hydrogen-bond donors (Lipinski definition) is 0. The van der Waals surface area contributed by atoms with Crippen LogP contribution in [0.3, 0.4) is 0 Å². The Bertz CT molecular complexity index is 1080. The highest BCUT2D eigenvalue weighted by atomic mass is 19.4. The predicted molar refractivity (Wildman–Crippen MR) is 99.2 cm³/mol. The van der Waals surface area contributed by atoms with E-state index in [4.69, 9.17) is 0 Å². The molecule has 1 aliphatic rings. The lowest BCUT2D eigenvalue weighted by atomic mass is 10.00. The molecule has 7 nitrogen and oxygen atoms in total. The van der Waals surface area contributed by atoms with E-state index in [1.165, 1.54) is 10.9 Å². The number of rotatable bonds is 2. The Hall–Kier alpha value is -2.91. The first kappa shape index (κ1) is 19.4. The van der Waals surface area contributed by atoms with Crippen molar-refractivity contribution in [2.24, 2.45) is 13.0 Å². The number of nitrogens with zero attached hydrogens (tertiary/aromatic N) is 6. The molecule has 1 amide bonds. The summed E-state index contributed by atoms with van der Waals surface area (Å²) in [6, 6.07) is 0.946. The van der Waals surface area contributed by atoms with Crippen molar-refractivity contribution in [1.29, 1.82) is 0 Å². The summed E-state index contributed by atoms with van der Waals surface area (Å²) in [5.41, 5.74) is 0.138. The maximum Gasteiger partial charge on any atom is 0.433 e. The largest absolute Gasteiger partial charge is 0.433 e. The van der Waals surface area contributed by atoms with Gasteiger partial charge >= 0.3 is 6.18 Å². The third kappa shape index (κ3) is 3.47. The van der Waals surface area contributed by atoms with Crippen LogP contribution in [-0.2, 0) is 13.2 Å². The number of likely N-dealkylation sites (tertiary alicyclic amines) is 1. The molecule has 0 bridgehead atoms. The number of amides is 1. The van der Waals surface area contributed by atoms with Gasteiger partial charge in [0.25, 0.3) is 5.91 Å². The van der Waals surface area contributed by atoms with Gasteiger partial charge < -0.3 is 4.90 Å². The molecule has 154 valence electrons. The van der Waals surface area contributed by atoms with Gasteiger partial charge in [0.2, 0.25) is 0 Å². The summed E-state index contributed by atoms with van der Waals surface area (Å²) < 4.78 is 43.4. The van der Waals surface area contributed by atoms with Crippen molar-refractivity contribution in [2.75, 3.05) is 13.1 Å². The van der Waals surface area contributed by atoms with Crippen LogP contribution in [0.4, 0.5) is 13.2 Å². The Morgan fingerprint density at radius 1 is 1.31 bits per heavy atom. The van der Waals surface area contributed by atoms with Crippen molar-refractivity contribution in [3.05, 3.63) is 35.4 Å². The molecule has 1 aliphatic heterocycles. The molecule has 4 rings (SSSR count). The van der Waals surface area contributed by atoms with Crippen LogP contribution in [0.15, 0.2) is 18.5 Å². The molecular weight excluding hydrogens is 385 g/mol. The number of halogens is 3. The summed E-state index contributed by atoms with van der Waals surface area (Å²) in [5, 5.41) is 8.03. The van der Waals surface area contributed by atoms with Crippen LogP contribution in [-0.4, -0.2) is 48.3 Å². The van der Waals surface area contributed by atoms with Gasteiger partial charge in [0.05, 0.1) is 17.6 Å². The highest BCUT2D eigenvalue weighted by Gasteiger charge is 2.37. The second kappa shape index (κ2) is 6.85. The van der Waals surface area contributed by atoms with Gasteiger partial charge in [0.1, 0.15) is 5.56 Å². The second-order valence-electron chi connectivity index (χ2n) is 7.62. The first-order chi connectivity index (χ1) is 13.6. The Morgan fingerprint density at radius 2 is 2.07 bits per heavy atom. The summed E-state index contributed by atoms with van der Waals surface area (Å²) in [6.45, 7) is 4.91. The lowest BCUT2D eigenvalue weighted by Crippen LogP contribution is -2.39. The Balaban J connectivity index is 1.88. The van der Waals surface area contributed by atoms with Gasteiger partial charge in [-0.3, -0.25) is 9.48 Å². The number of piperidine rings is 1. The summed E-state index contributed by atoms with van der Waals surface area (Å²) in [7, 11) is 1.69. The van der Waals surface area contributed by atoms with E-state index in [0.29, 0.717) is 34.8 Å². The fraction of sp³-hybridized carbons (Fsp3) is 0.474. The summed E-state index contributed by atoms with van der Waals surface area (Å²) in [6.07, 6.45) is 0.0303. The molecule has 1 atom stereocenters. The zero-order chi connectivity index (χ0) is 20.9. The second-order valence-corrected chi connectivity index (χ2v) is 7.62. The molecule has 0 N–H and O–H groups in total. The number of carbonyl (C=O) groups is 1. The topological polar surface area (TPSA) is 68.3 Å². The van der Waals surface area contributed by atoms with Gasteiger partial charge in [0, 0.05) is 31.9 Å². The summed E-state index contributed by atoms with van der Waals surface area (Å²) >= 11 is 0. The summed E-state index contributed by atoms with van der Waals surface area (Å²) in [4.78, 5) is 19.1. The van der Waals surface area contributed by atoms with E-state index in [0.717, 1.165) is 18.9 Å². The van der Waals surface area contributed by atoms with Gasteiger partial charge in [-0.1, -0.05) is 6.92 Å². The van der Waals surface area contributed by atoms with Crippen LogP contribution in [0.25, 0.3) is 16.9 Å². The van der Waals surface area contributed by atoms with Gasteiger partial charge in [-0.05, 0) is 31.7 Å². The molecule has 0 unspecified atom stereocenters. The van der Waals surface area contributed by atoms with E-state index < -0.39 is 11.9 Å². The molecule has 4 heterocycles. The Morgan fingerprint density at radius 3 is 2.69 bits per heavy atom. The number of carbonyl (C=O) groups excluding carboxylic acids is 1. The lowest BCUT2D eigenvalue weighted by Gasteiger charge is -2.30. The quantitative estimate of drug-likeness (QED) is 0.655. The molecule has 3 aromatic rings. The average molecular weight is 406 g/mol. The van der Waals surface area contributed by atoms with Crippen molar-refractivity contribution in [3.63, 3.8) is 0 Å². The zero-order valence-corrected chi connectivity index (χ0v) is 16.4. The molecule has 0 spiro atoms. The molecule has 0 saturated carbocycles. The zero-order valence-electron chi connectivity index (χ0n) is 16.4. The fourth-order valence-electron chi connectivity index (χ4n) is 3.85. The standard InChI is InChI=1S/C19H21F3N6O/c1-11-5-4-6-27(9-11)18(29)13-8-23-28-16(19(20,21)22)7-15(24-17(13)28)14-10-26(3)25-12(14)2/h7-8,10-11H,4-6,9H2,1-3H3/t11-/m1/s1.